The number of aromatic nitrogens is 3. The van der Waals surface area contributed by atoms with Gasteiger partial charge in [-0.25, -0.2) is 8.78 Å². The molecule has 9 heteroatoms. The number of carbonyl (C=O) groups is 2. The van der Waals surface area contributed by atoms with Gasteiger partial charge in [0, 0.05) is 48.0 Å². The first kappa shape index (κ1) is 24.6. The number of anilines is 1. The van der Waals surface area contributed by atoms with Crippen molar-refractivity contribution in [1.82, 2.24) is 20.3 Å². The fourth-order valence-electron chi connectivity index (χ4n) is 3.52. The molecule has 0 aliphatic rings. The molecule has 7 nitrogen and oxygen atoms in total. The van der Waals surface area contributed by atoms with Crippen LogP contribution in [0, 0.1) is 5.82 Å². The topological polar surface area (TPSA) is 96.9 Å². The highest BCUT2D eigenvalue weighted by Crippen LogP contribution is 2.29. The summed E-state index contributed by atoms with van der Waals surface area (Å²) in [4.78, 5) is 37.1. The number of halogens is 2. The van der Waals surface area contributed by atoms with Crippen molar-refractivity contribution in [2.45, 2.75) is 19.5 Å². The molecule has 1 aromatic carbocycles. The van der Waals surface area contributed by atoms with Crippen LogP contribution in [0.2, 0.25) is 0 Å². The molecule has 3 heterocycles. The van der Waals surface area contributed by atoms with Gasteiger partial charge in [-0.15, -0.1) is 0 Å². The molecule has 3 aromatic heterocycles. The smallest absolute Gasteiger partial charge is 0.269 e. The van der Waals surface area contributed by atoms with E-state index >= 15 is 0 Å². The van der Waals surface area contributed by atoms with E-state index in [1.807, 2.05) is 0 Å². The summed E-state index contributed by atoms with van der Waals surface area (Å²) in [7, 11) is 1.51. The molecular weight excluding hydrogens is 464 g/mol. The van der Waals surface area contributed by atoms with Crippen LogP contribution in [0.25, 0.3) is 22.4 Å². The first-order valence-corrected chi connectivity index (χ1v) is 11.1. The van der Waals surface area contributed by atoms with E-state index < -0.39 is 17.4 Å². The third-order valence-corrected chi connectivity index (χ3v) is 5.44. The van der Waals surface area contributed by atoms with E-state index in [0.717, 1.165) is 0 Å². The Balaban J connectivity index is 1.63. The normalized spacial score (nSPS) is 11.1. The van der Waals surface area contributed by atoms with E-state index in [1.165, 1.54) is 69.8 Å². The summed E-state index contributed by atoms with van der Waals surface area (Å²) in [5, 5.41) is 5.24. The highest BCUT2D eigenvalue weighted by molar-refractivity contribution is 6.04. The van der Waals surface area contributed by atoms with Crippen molar-refractivity contribution < 1.29 is 18.4 Å². The van der Waals surface area contributed by atoms with Crippen LogP contribution in [0.4, 0.5) is 14.5 Å². The van der Waals surface area contributed by atoms with E-state index in [9.17, 15) is 18.4 Å². The zero-order valence-electron chi connectivity index (χ0n) is 19.8. The predicted molar refractivity (Wildman–Crippen MR) is 133 cm³/mol. The molecule has 0 atom stereocenters. The lowest BCUT2D eigenvalue weighted by atomic mass is 10.0. The maximum atomic E-state index is 14.8. The Bertz CT molecular complexity index is 1450. The number of hydrogen-bond acceptors (Lipinski definition) is 5. The van der Waals surface area contributed by atoms with Gasteiger partial charge in [-0.1, -0.05) is 0 Å². The number of hydrogen-bond donors (Lipinski definition) is 2. The average molecular weight is 488 g/mol. The summed E-state index contributed by atoms with van der Waals surface area (Å²) in [5.41, 5.74) is 1.18. The molecule has 0 spiro atoms. The lowest BCUT2D eigenvalue weighted by molar-refractivity contribution is 0.0957. The first-order valence-electron chi connectivity index (χ1n) is 11.1. The van der Waals surface area contributed by atoms with Crippen molar-refractivity contribution in [3.63, 3.8) is 0 Å². The second-order valence-electron chi connectivity index (χ2n) is 8.49. The van der Waals surface area contributed by atoms with Gasteiger partial charge in [-0.3, -0.25) is 24.5 Å². The van der Waals surface area contributed by atoms with Crippen molar-refractivity contribution in [2.75, 3.05) is 12.4 Å². The number of amides is 2. The Morgan fingerprint density at radius 3 is 2.31 bits per heavy atom. The van der Waals surface area contributed by atoms with Gasteiger partial charge < -0.3 is 10.6 Å². The monoisotopic (exact) mass is 487 g/mol. The number of pyridine rings is 3. The van der Waals surface area contributed by atoms with Crippen molar-refractivity contribution in [1.29, 1.82) is 0 Å². The highest BCUT2D eigenvalue weighted by atomic mass is 19.1. The minimum absolute atomic E-state index is 0.134. The quantitative estimate of drug-likeness (QED) is 0.392. The number of alkyl halides is 1. The number of carbonyl (C=O) groups excluding carboxylic acids is 2. The van der Waals surface area contributed by atoms with Gasteiger partial charge in [-0.2, -0.15) is 0 Å². The van der Waals surface area contributed by atoms with Gasteiger partial charge in [0.15, 0.2) is 0 Å². The van der Waals surface area contributed by atoms with Crippen LogP contribution in [0.1, 0.15) is 40.4 Å². The Kier molecular flexibility index (Phi) is 6.82. The molecule has 182 valence electrons. The summed E-state index contributed by atoms with van der Waals surface area (Å²) in [6, 6.07) is 13.7. The van der Waals surface area contributed by atoms with Crippen molar-refractivity contribution in [3.05, 3.63) is 96.0 Å². The van der Waals surface area contributed by atoms with Crippen LogP contribution >= 0.6 is 0 Å². The van der Waals surface area contributed by atoms with Crippen LogP contribution in [0.5, 0.6) is 0 Å². The van der Waals surface area contributed by atoms with E-state index in [4.69, 9.17) is 0 Å². The molecule has 0 bridgehead atoms. The second-order valence-corrected chi connectivity index (χ2v) is 8.49. The van der Waals surface area contributed by atoms with Crippen molar-refractivity contribution in [2.24, 2.45) is 0 Å². The minimum atomic E-state index is -1.70. The fraction of sp³-hybridized carbons (Fsp3) is 0.148. The molecule has 0 radical (unpaired) electrons. The van der Waals surface area contributed by atoms with E-state index in [0.29, 0.717) is 22.5 Å². The third-order valence-electron chi connectivity index (χ3n) is 5.44. The second kappa shape index (κ2) is 9.99. The SMILES string of the molecule is CNC(=O)c1cc(-c2cc(-c3cc(NC(=O)c4ccnc(C(C)(C)F)c4)ccc3F)ccn2)ccn1. The summed E-state index contributed by atoms with van der Waals surface area (Å²) in [5.74, 6) is -1.30. The molecule has 0 saturated carbocycles. The molecule has 2 N–H and O–H groups in total. The van der Waals surface area contributed by atoms with Crippen molar-refractivity contribution >= 4 is 17.5 Å². The predicted octanol–water partition coefficient (Wildman–Crippen LogP) is 5.16. The van der Waals surface area contributed by atoms with E-state index in [-0.39, 0.29) is 28.4 Å². The Morgan fingerprint density at radius 1 is 0.833 bits per heavy atom. The third kappa shape index (κ3) is 5.41. The van der Waals surface area contributed by atoms with Crippen LogP contribution in [0.15, 0.2) is 73.2 Å². The lowest BCUT2D eigenvalue weighted by Gasteiger charge is -2.14. The number of benzene rings is 1. The standard InChI is InChI=1S/C27H23F2N5O2/c1-27(2,29)24-14-18(8-11-33-24)25(35)34-19-4-5-21(28)20(15-19)16-6-9-31-22(12-16)17-7-10-32-23(13-17)26(36)30-3/h4-15H,1-3H3,(H,30,36)(H,34,35). The zero-order chi connectivity index (χ0) is 25.9. The maximum Gasteiger partial charge on any atom is 0.269 e. The van der Waals surface area contributed by atoms with Crippen LogP contribution in [0.3, 0.4) is 0 Å². The molecule has 4 rings (SSSR count). The van der Waals surface area contributed by atoms with Gasteiger partial charge in [0.25, 0.3) is 11.8 Å². The Morgan fingerprint density at radius 2 is 1.56 bits per heavy atom. The molecule has 4 aromatic rings. The van der Waals surface area contributed by atoms with Gasteiger partial charge >= 0.3 is 0 Å². The number of nitrogens with zero attached hydrogens (tertiary/aromatic N) is 3. The fourth-order valence-corrected chi connectivity index (χ4v) is 3.52. The molecule has 0 aliphatic heterocycles. The van der Waals surface area contributed by atoms with Gasteiger partial charge in [-0.05, 0) is 74.0 Å². The van der Waals surface area contributed by atoms with E-state index in [1.54, 1.807) is 24.3 Å². The lowest BCUT2D eigenvalue weighted by Crippen LogP contribution is -2.19. The maximum absolute atomic E-state index is 14.8. The average Bonchev–Trinajstić information content (AvgIpc) is 2.89. The molecule has 0 aliphatic carbocycles. The van der Waals surface area contributed by atoms with Gasteiger partial charge in [0.2, 0.25) is 0 Å². The summed E-state index contributed by atoms with van der Waals surface area (Å²) in [6.07, 6.45) is 4.40. The van der Waals surface area contributed by atoms with Crippen molar-refractivity contribution in [3.8, 4) is 22.4 Å². The van der Waals surface area contributed by atoms with Gasteiger partial charge in [0.05, 0.1) is 11.4 Å². The molecule has 36 heavy (non-hydrogen) atoms. The number of nitrogens with one attached hydrogen (secondary N) is 2. The Labute approximate surface area is 206 Å². The zero-order valence-corrected chi connectivity index (χ0v) is 19.8. The molecule has 0 fully saturated rings. The molecular formula is C27H23F2N5O2. The van der Waals surface area contributed by atoms with Crippen LogP contribution in [-0.2, 0) is 5.67 Å². The van der Waals surface area contributed by atoms with Crippen LogP contribution < -0.4 is 10.6 Å². The Hall–Kier alpha value is -4.53. The minimum Gasteiger partial charge on any atom is -0.354 e. The molecule has 0 saturated heterocycles. The number of rotatable bonds is 6. The van der Waals surface area contributed by atoms with E-state index in [2.05, 4.69) is 25.6 Å². The summed E-state index contributed by atoms with van der Waals surface area (Å²) in [6.45, 7) is 2.72. The van der Waals surface area contributed by atoms with Gasteiger partial charge in [0.1, 0.15) is 17.2 Å². The summed E-state index contributed by atoms with van der Waals surface area (Å²) >= 11 is 0. The van der Waals surface area contributed by atoms with Crippen LogP contribution in [-0.4, -0.2) is 33.8 Å². The molecule has 2 amide bonds. The first-order chi connectivity index (χ1) is 17.2. The largest absolute Gasteiger partial charge is 0.354 e. The molecule has 0 unspecified atom stereocenters. The highest BCUT2D eigenvalue weighted by Gasteiger charge is 2.22. The summed E-state index contributed by atoms with van der Waals surface area (Å²) < 4.78 is 29.1.